The van der Waals surface area contributed by atoms with E-state index >= 15 is 0 Å². The van der Waals surface area contributed by atoms with Crippen LogP contribution in [0.25, 0.3) is 0 Å². The van der Waals surface area contributed by atoms with Gasteiger partial charge in [-0.05, 0) is 59.9 Å². The van der Waals surface area contributed by atoms with E-state index in [-0.39, 0.29) is 11.2 Å². The molecule has 0 aliphatic carbocycles. The highest BCUT2D eigenvalue weighted by molar-refractivity contribution is 7.92. The lowest BCUT2D eigenvalue weighted by Gasteiger charge is -2.22. The van der Waals surface area contributed by atoms with Crippen LogP contribution < -0.4 is 10.1 Å². The second kappa shape index (κ2) is 8.53. The summed E-state index contributed by atoms with van der Waals surface area (Å²) < 4.78 is 18.7. The van der Waals surface area contributed by atoms with Crippen LogP contribution in [0, 0.1) is 0 Å². The Kier molecular flexibility index (Phi) is 6.35. The summed E-state index contributed by atoms with van der Waals surface area (Å²) in [5.41, 5.74) is 1.89. The van der Waals surface area contributed by atoms with Crippen molar-refractivity contribution in [3.05, 3.63) is 52.0 Å². The van der Waals surface area contributed by atoms with E-state index in [1.807, 2.05) is 25.1 Å². The number of amides is 1. The van der Waals surface area contributed by atoms with Crippen LogP contribution in [0.4, 0.5) is 5.69 Å². The third-order valence-corrected chi connectivity index (χ3v) is 6.82. The first-order valence-corrected chi connectivity index (χ1v) is 10.4. The number of ether oxygens (including phenoxy) is 1. The molecule has 1 heterocycles. The molecular formula is C19H19Cl2NO3S. The molecule has 1 aliphatic heterocycles. The van der Waals surface area contributed by atoms with Crippen molar-refractivity contribution in [2.75, 3.05) is 11.9 Å². The second-order valence-corrected chi connectivity index (χ2v) is 8.63. The Morgan fingerprint density at radius 3 is 2.73 bits per heavy atom. The number of hydrogen-bond donors (Lipinski definition) is 1. The smallest absolute Gasteiger partial charge is 0.224 e. The second-order valence-electron chi connectivity index (χ2n) is 6.08. The monoisotopic (exact) mass is 411 g/mol. The zero-order chi connectivity index (χ0) is 18.7. The average Bonchev–Trinajstić information content (AvgIpc) is 2.64. The van der Waals surface area contributed by atoms with E-state index < -0.39 is 11.2 Å². The van der Waals surface area contributed by atoms with Crippen LogP contribution in [0.1, 0.15) is 25.3 Å². The zero-order valence-corrected chi connectivity index (χ0v) is 16.6. The molecular weight excluding hydrogens is 393 g/mol. The minimum absolute atomic E-state index is 0.0363. The van der Waals surface area contributed by atoms with Crippen molar-refractivity contribution in [2.45, 2.75) is 36.3 Å². The Hall–Kier alpha value is -1.40. The van der Waals surface area contributed by atoms with Crippen LogP contribution in [0.3, 0.4) is 0 Å². The SMILES string of the molecule is CCC(COc1ccc2c(c1)CCC(=O)N2)[S+]([O-])c1ccc(Cl)c(Cl)c1. The van der Waals surface area contributed by atoms with E-state index in [1.54, 1.807) is 18.2 Å². The fourth-order valence-corrected chi connectivity index (χ4v) is 4.44. The molecule has 0 saturated heterocycles. The minimum Gasteiger partial charge on any atom is -0.611 e. The molecule has 4 nitrogen and oxygen atoms in total. The summed E-state index contributed by atoms with van der Waals surface area (Å²) in [6.45, 7) is 2.31. The first kappa shape index (κ1) is 19.4. The van der Waals surface area contributed by atoms with Gasteiger partial charge in [0.1, 0.15) is 12.4 Å². The number of carbonyl (C=O) groups excluding carboxylic acids is 1. The molecule has 1 amide bonds. The van der Waals surface area contributed by atoms with E-state index in [2.05, 4.69) is 5.32 Å². The van der Waals surface area contributed by atoms with Crippen LogP contribution in [0.5, 0.6) is 5.75 Å². The number of fused-ring (bicyclic) bond motifs is 1. The van der Waals surface area contributed by atoms with Crippen LogP contribution >= 0.6 is 23.2 Å². The number of hydrogen-bond acceptors (Lipinski definition) is 3. The predicted octanol–water partition coefficient (Wildman–Crippen LogP) is 4.84. The van der Waals surface area contributed by atoms with Gasteiger partial charge in [-0.15, -0.1) is 0 Å². The molecule has 2 unspecified atom stereocenters. The summed E-state index contributed by atoms with van der Waals surface area (Å²) in [5, 5.41) is 3.52. The predicted molar refractivity (Wildman–Crippen MR) is 106 cm³/mol. The largest absolute Gasteiger partial charge is 0.611 e. The first-order valence-electron chi connectivity index (χ1n) is 8.39. The lowest BCUT2D eigenvalue weighted by atomic mass is 10.0. The van der Waals surface area contributed by atoms with Crippen LogP contribution in [0.2, 0.25) is 10.0 Å². The van der Waals surface area contributed by atoms with E-state index in [4.69, 9.17) is 27.9 Å². The topological polar surface area (TPSA) is 61.4 Å². The van der Waals surface area contributed by atoms with E-state index in [9.17, 15) is 9.35 Å². The molecule has 0 fully saturated rings. The Labute approximate surface area is 166 Å². The standard InChI is InChI=1S/C19H19Cl2NO3S/c1-2-14(26(24)15-5-6-16(20)17(21)10-15)11-25-13-4-7-18-12(9-13)3-8-19(23)22-18/h4-7,9-10,14H,2-3,8,11H2,1H3,(H,22,23). The van der Waals surface area contributed by atoms with Gasteiger partial charge < -0.3 is 14.6 Å². The Morgan fingerprint density at radius 2 is 2.00 bits per heavy atom. The van der Waals surface area contributed by atoms with Gasteiger partial charge >= 0.3 is 0 Å². The highest BCUT2D eigenvalue weighted by atomic mass is 35.5. The molecule has 26 heavy (non-hydrogen) atoms. The zero-order valence-electron chi connectivity index (χ0n) is 14.3. The maximum absolute atomic E-state index is 12.8. The normalized spacial score (nSPS) is 15.8. The van der Waals surface area contributed by atoms with E-state index in [0.29, 0.717) is 46.6 Å². The molecule has 0 spiro atoms. The maximum Gasteiger partial charge on any atom is 0.224 e. The summed E-state index contributed by atoms with van der Waals surface area (Å²) in [6.07, 6.45) is 1.88. The fourth-order valence-electron chi connectivity index (χ4n) is 2.76. The number of anilines is 1. The van der Waals surface area contributed by atoms with Crippen molar-refractivity contribution < 1.29 is 14.1 Å². The summed E-state index contributed by atoms with van der Waals surface area (Å²) in [7, 11) is 0. The first-order chi connectivity index (χ1) is 12.5. The number of rotatable bonds is 6. The van der Waals surface area contributed by atoms with Crippen molar-refractivity contribution in [1.82, 2.24) is 0 Å². The van der Waals surface area contributed by atoms with Crippen molar-refractivity contribution in [3.63, 3.8) is 0 Å². The molecule has 0 aromatic heterocycles. The Bertz CT molecular complexity index is 815. The fraction of sp³-hybridized carbons (Fsp3) is 0.316. The Balaban J connectivity index is 1.67. The van der Waals surface area contributed by atoms with Gasteiger partial charge in [0.2, 0.25) is 5.91 Å². The van der Waals surface area contributed by atoms with Gasteiger partial charge in [-0.3, -0.25) is 4.79 Å². The van der Waals surface area contributed by atoms with Gasteiger partial charge in [0.05, 0.1) is 10.0 Å². The van der Waals surface area contributed by atoms with Crippen molar-refractivity contribution in [1.29, 1.82) is 0 Å². The average molecular weight is 412 g/mol. The summed E-state index contributed by atoms with van der Waals surface area (Å²) in [5.74, 6) is 0.749. The molecule has 0 bridgehead atoms. The number of halogens is 2. The number of aryl methyl sites for hydroxylation is 1. The lowest BCUT2D eigenvalue weighted by Crippen LogP contribution is -2.27. The van der Waals surface area contributed by atoms with Gasteiger partial charge in [0.15, 0.2) is 10.1 Å². The molecule has 0 saturated carbocycles. The molecule has 3 rings (SSSR count). The maximum atomic E-state index is 12.8. The number of carbonyl (C=O) groups is 1. The molecule has 2 aromatic rings. The molecule has 2 aromatic carbocycles. The van der Waals surface area contributed by atoms with Crippen LogP contribution in [-0.2, 0) is 22.4 Å². The molecule has 7 heteroatoms. The molecule has 138 valence electrons. The van der Waals surface area contributed by atoms with Crippen molar-refractivity contribution >= 4 is 46.0 Å². The van der Waals surface area contributed by atoms with Crippen molar-refractivity contribution in [3.8, 4) is 5.75 Å². The number of nitrogens with one attached hydrogen (secondary N) is 1. The summed E-state index contributed by atoms with van der Waals surface area (Å²) in [4.78, 5) is 12.1. The van der Waals surface area contributed by atoms with Crippen LogP contribution in [0.15, 0.2) is 41.3 Å². The minimum atomic E-state index is -1.25. The van der Waals surface area contributed by atoms with Gasteiger partial charge in [0, 0.05) is 18.2 Å². The van der Waals surface area contributed by atoms with E-state index in [0.717, 1.165) is 11.3 Å². The van der Waals surface area contributed by atoms with Gasteiger partial charge in [-0.1, -0.05) is 30.1 Å². The molecule has 1 N–H and O–H groups in total. The molecule has 2 atom stereocenters. The highest BCUT2D eigenvalue weighted by Gasteiger charge is 2.25. The van der Waals surface area contributed by atoms with Gasteiger partial charge in [-0.25, -0.2) is 0 Å². The summed E-state index contributed by atoms with van der Waals surface area (Å²) in [6, 6.07) is 10.6. The third-order valence-electron chi connectivity index (χ3n) is 4.29. The highest BCUT2D eigenvalue weighted by Crippen LogP contribution is 2.29. The lowest BCUT2D eigenvalue weighted by molar-refractivity contribution is -0.116. The van der Waals surface area contributed by atoms with E-state index in [1.165, 1.54) is 0 Å². The molecule has 0 radical (unpaired) electrons. The summed E-state index contributed by atoms with van der Waals surface area (Å²) >= 11 is 10.7. The Morgan fingerprint density at radius 1 is 1.19 bits per heavy atom. The number of benzene rings is 2. The molecule has 1 aliphatic rings. The van der Waals surface area contributed by atoms with Crippen LogP contribution in [-0.4, -0.2) is 22.3 Å². The third kappa shape index (κ3) is 4.46. The van der Waals surface area contributed by atoms with Gasteiger partial charge in [-0.2, -0.15) is 0 Å². The van der Waals surface area contributed by atoms with Gasteiger partial charge in [0.25, 0.3) is 0 Å². The van der Waals surface area contributed by atoms with Crippen molar-refractivity contribution in [2.24, 2.45) is 0 Å². The quantitative estimate of drug-likeness (QED) is 0.691.